The fourth-order valence-corrected chi connectivity index (χ4v) is 3.82. The number of carbonyl (C=O) groups is 1. The van der Waals surface area contributed by atoms with Crippen LogP contribution in [0.3, 0.4) is 0 Å². The van der Waals surface area contributed by atoms with E-state index >= 15 is 0 Å². The van der Waals surface area contributed by atoms with Gasteiger partial charge in [0.2, 0.25) is 5.91 Å². The van der Waals surface area contributed by atoms with Crippen molar-refractivity contribution in [3.63, 3.8) is 0 Å². The van der Waals surface area contributed by atoms with Crippen molar-refractivity contribution >= 4 is 5.91 Å². The van der Waals surface area contributed by atoms with Gasteiger partial charge in [0.25, 0.3) is 0 Å². The van der Waals surface area contributed by atoms with Gasteiger partial charge in [-0.2, -0.15) is 0 Å². The lowest BCUT2D eigenvalue weighted by Crippen LogP contribution is -2.31. The lowest BCUT2D eigenvalue weighted by molar-refractivity contribution is 0.1000. The predicted molar refractivity (Wildman–Crippen MR) is 103 cm³/mol. The molecule has 1 unspecified atom stereocenters. The molecule has 2 heterocycles. The third-order valence-electron chi connectivity index (χ3n) is 5.16. The Balaban J connectivity index is 1.62. The van der Waals surface area contributed by atoms with Crippen LogP contribution in [-0.4, -0.2) is 25.8 Å². The van der Waals surface area contributed by atoms with Gasteiger partial charge in [0.1, 0.15) is 0 Å². The van der Waals surface area contributed by atoms with Crippen molar-refractivity contribution in [1.29, 1.82) is 0 Å². The van der Waals surface area contributed by atoms with Crippen molar-refractivity contribution in [2.45, 2.75) is 38.4 Å². The van der Waals surface area contributed by atoms with Gasteiger partial charge in [-0.3, -0.25) is 14.7 Å². The molecule has 0 aliphatic heterocycles. The summed E-state index contributed by atoms with van der Waals surface area (Å²) in [5, 5.41) is 0. The molecular weight excluding hydrogens is 338 g/mol. The van der Waals surface area contributed by atoms with E-state index < -0.39 is 5.91 Å². The number of aromatic nitrogens is 3. The van der Waals surface area contributed by atoms with Crippen LogP contribution in [0.4, 0.5) is 0 Å². The van der Waals surface area contributed by atoms with Crippen LogP contribution in [0, 0.1) is 0 Å². The third-order valence-corrected chi connectivity index (χ3v) is 5.16. The molecule has 2 aromatic heterocycles. The molecule has 3 aromatic rings. The fourth-order valence-electron chi connectivity index (χ4n) is 3.82. The summed E-state index contributed by atoms with van der Waals surface area (Å²) in [6.07, 6.45) is 8.78. The number of hydrogen-bond donors (Lipinski definition) is 2. The molecule has 1 atom stereocenters. The van der Waals surface area contributed by atoms with E-state index in [1.54, 1.807) is 18.5 Å². The van der Waals surface area contributed by atoms with E-state index in [0.29, 0.717) is 5.56 Å². The molecular formula is C21H23N5O. The lowest BCUT2D eigenvalue weighted by Gasteiger charge is -2.35. The molecule has 27 heavy (non-hydrogen) atoms. The zero-order chi connectivity index (χ0) is 18.6. The first-order valence-corrected chi connectivity index (χ1v) is 9.24. The molecule has 1 aliphatic rings. The summed E-state index contributed by atoms with van der Waals surface area (Å²) in [5.74, 6) is -0.402. The number of nitrogens with two attached hydrogens (primary N) is 1. The van der Waals surface area contributed by atoms with Crippen LogP contribution in [0.25, 0.3) is 0 Å². The van der Waals surface area contributed by atoms with Gasteiger partial charge >= 0.3 is 0 Å². The number of hydrogen-bond acceptors (Lipinski definition) is 4. The number of nitrogens with zero attached hydrogens (tertiary/aromatic N) is 3. The summed E-state index contributed by atoms with van der Waals surface area (Å²) in [6.45, 7) is 1.52. The maximum atomic E-state index is 11.3. The van der Waals surface area contributed by atoms with Crippen molar-refractivity contribution in [2.24, 2.45) is 5.73 Å². The first-order valence-electron chi connectivity index (χ1n) is 9.24. The zero-order valence-corrected chi connectivity index (χ0v) is 15.1. The average Bonchev–Trinajstić information content (AvgIpc) is 3.20. The highest BCUT2D eigenvalue weighted by molar-refractivity contribution is 5.92. The van der Waals surface area contributed by atoms with Crippen molar-refractivity contribution in [2.75, 3.05) is 0 Å². The number of rotatable bonds is 6. The topological polar surface area (TPSA) is 87.9 Å². The molecule has 1 aromatic carbocycles. The van der Waals surface area contributed by atoms with E-state index in [0.717, 1.165) is 43.6 Å². The number of nitrogens with one attached hydrogen (secondary N) is 1. The predicted octanol–water partition coefficient (Wildman–Crippen LogP) is 2.98. The number of carbonyl (C=O) groups excluding carboxylic acids is 1. The Morgan fingerprint density at radius 3 is 2.81 bits per heavy atom. The summed E-state index contributed by atoms with van der Waals surface area (Å²) in [6, 6.07) is 12.0. The number of H-pyrrole nitrogens is 1. The van der Waals surface area contributed by atoms with Crippen molar-refractivity contribution in [3.05, 3.63) is 83.2 Å². The van der Waals surface area contributed by atoms with E-state index in [-0.39, 0.29) is 6.04 Å². The van der Waals surface area contributed by atoms with Crippen LogP contribution >= 0.6 is 0 Å². The molecule has 0 saturated heterocycles. The molecule has 0 fully saturated rings. The van der Waals surface area contributed by atoms with Crippen LogP contribution in [0.2, 0.25) is 0 Å². The molecule has 4 rings (SSSR count). The van der Waals surface area contributed by atoms with Crippen molar-refractivity contribution in [1.82, 2.24) is 19.9 Å². The minimum absolute atomic E-state index is 0.258. The van der Waals surface area contributed by atoms with Crippen LogP contribution in [0.5, 0.6) is 0 Å². The summed E-state index contributed by atoms with van der Waals surface area (Å²) in [7, 11) is 0. The highest BCUT2D eigenvalue weighted by Crippen LogP contribution is 2.34. The zero-order valence-electron chi connectivity index (χ0n) is 15.1. The summed E-state index contributed by atoms with van der Waals surface area (Å²) in [5.41, 5.74) is 10.6. The quantitative estimate of drug-likeness (QED) is 0.706. The van der Waals surface area contributed by atoms with Gasteiger partial charge in [-0.15, -0.1) is 0 Å². The first-order chi connectivity index (χ1) is 13.2. The normalized spacial score (nSPS) is 16.3. The number of imidazole rings is 1. The van der Waals surface area contributed by atoms with Crippen molar-refractivity contribution < 1.29 is 4.79 Å². The summed E-state index contributed by atoms with van der Waals surface area (Å²) in [4.78, 5) is 25.8. The molecule has 0 radical (unpaired) electrons. The second kappa shape index (κ2) is 7.72. The maximum absolute atomic E-state index is 11.3. The van der Waals surface area contributed by atoms with E-state index in [2.05, 4.69) is 20.9 Å². The molecule has 6 nitrogen and oxygen atoms in total. The Bertz CT molecular complexity index is 905. The molecule has 138 valence electrons. The first kappa shape index (κ1) is 17.4. The highest BCUT2D eigenvalue weighted by atomic mass is 16.1. The Morgan fingerprint density at radius 1 is 1.22 bits per heavy atom. The Morgan fingerprint density at radius 2 is 2.07 bits per heavy atom. The number of benzene rings is 1. The fraction of sp³-hybridized carbons (Fsp3) is 0.286. The third kappa shape index (κ3) is 3.90. The monoisotopic (exact) mass is 361 g/mol. The largest absolute Gasteiger partial charge is 0.366 e. The minimum atomic E-state index is -0.402. The molecule has 1 aliphatic carbocycles. The maximum Gasteiger partial charge on any atom is 0.248 e. The van der Waals surface area contributed by atoms with Gasteiger partial charge in [0, 0.05) is 36.7 Å². The molecule has 1 amide bonds. The second-order valence-corrected chi connectivity index (χ2v) is 7.00. The van der Waals surface area contributed by atoms with Gasteiger partial charge in [0.05, 0.1) is 18.1 Å². The number of primary amides is 1. The Kier molecular flexibility index (Phi) is 4.98. The summed E-state index contributed by atoms with van der Waals surface area (Å²) < 4.78 is 0. The van der Waals surface area contributed by atoms with E-state index in [1.165, 1.54) is 11.3 Å². The Hall–Kier alpha value is -2.99. The van der Waals surface area contributed by atoms with E-state index in [9.17, 15) is 4.79 Å². The van der Waals surface area contributed by atoms with Gasteiger partial charge in [-0.1, -0.05) is 18.2 Å². The number of fused-ring (bicyclic) bond motifs is 1. The van der Waals surface area contributed by atoms with Crippen LogP contribution in [0.1, 0.15) is 51.8 Å². The van der Waals surface area contributed by atoms with Crippen LogP contribution in [0.15, 0.2) is 55.1 Å². The van der Waals surface area contributed by atoms with Crippen LogP contribution < -0.4 is 5.73 Å². The highest BCUT2D eigenvalue weighted by Gasteiger charge is 2.27. The van der Waals surface area contributed by atoms with Gasteiger partial charge in [-0.05, 0) is 48.6 Å². The molecule has 0 bridgehead atoms. The number of aryl methyl sites for hydroxylation is 1. The van der Waals surface area contributed by atoms with Gasteiger partial charge in [0.15, 0.2) is 0 Å². The average molecular weight is 361 g/mol. The SMILES string of the molecule is NC(=O)c1ccc(CN(Cc2cnc[nH]2)C2CCCc3cccnc32)cc1. The summed E-state index contributed by atoms with van der Waals surface area (Å²) >= 11 is 0. The number of amides is 1. The van der Waals surface area contributed by atoms with Gasteiger partial charge < -0.3 is 10.7 Å². The minimum Gasteiger partial charge on any atom is -0.366 e. The van der Waals surface area contributed by atoms with E-state index in [1.807, 2.05) is 30.6 Å². The lowest BCUT2D eigenvalue weighted by atomic mass is 9.90. The number of aromatic amines is 1. The standard InChI is InChI=1S/C21H23N5O/c22-21(27)17-8-6-15(7-9-17)12-26(13-18-11-23-14-25-18)19-5-1-3-16-4-2-10-24-20(16)19/h2,4,6-11,14,19H,1,3,5,12-13H2,(H2,22,27)(H,23,25). The molecule has 6 heteroatoms. The molecule has 3 N–H and O–H groups in total. The second-order valence-electron chi connectivity index (χ2n) is 7.00. The molecule has 0 spiro atoms. The van der Waals surface area contributed by atoms with Gasteiger partial charge in [-0.25, -0.2) is 4.98 Å². The Labute approximate surface area is 158 Å². The molecule has 0 saturated carbocycles. The van der Waals surface area contributed by atoms with Crippen molar-refractivity contribution in [3.8, 4) is 0 Å². The van der Waals surface area contributed by atoms with Crippen LogP contribution in [-0.2, 0) is 19.5 Å². The van der Waals surface area contributed by atoms with E-state index in [4.69, 9.17) is 10.7 Å². The smallest absolute Gasteiger partial charge is 0.248 e. The number of pyridine rings is 1.